The number of carbonyl (C=O) groups is 5. The molecule has 0 rings (SSSR count). The second-order valence-electron chi connectivity index (χ2n) is 9.41. The summed E-state index contributed by atoms with van der Waals surface area (Å²) >= 11 is 0. The highest BCUT2D eigenvalue weighted by atomic mass is 16.6. The summed E-state index contributed by atoms with van der Waals surface area (Å²) in [6.45, 7) is 13.6. The maximum atomic E-state index is 13.1. The average molecular weight is 487 g/mol. The second-order valence-corrected chi connectivity index (χ2v) is 9.41. The van der Waals surface area contributed by atoms with E-state index in [9.17, 15) is 24.0 Å². The molecule has 0 aliphatic rings. The number of hydrogen-bond donors (Lipinski definition) is 4. The van der Waals surface area contributed by atoms with E-state index in [1.54, 1.807) is 34.6 Å². The van der Waals surface area contributed by atoms with Crippen molar-refractivity contribution >= 4 is 29.8 Å². The molecule has 0 aromatic carbocycles. The number of nitrogens with one attached hydrogen (secondary N) is 4. The number of esters is 1. The summed E-state index contributed by atoms with van der Waals surface area (Å²) in [7, 11) is 1.21. The van der Waals surface area contributed by atoms with Gasteiger partial charge in [-0.1, -0.05) is 40.5 Å². The van der Waals surface area contributed by atoms with Gasteiger partial charge in [-0.3, -0.25) is 19.2 Å². The van der Waals surface area contributed by atoms with Crippen LogP contribution in [0.15, 0.2) is 0 Å². The van der Waals surface area contributed by atoms with Crippen LogP contribution in [0.1, 0.15) is 68.2 Å². The van der Waals surface area contributed by atoms with Crippen LogP contribution in [0.3, 0.4) is 0 Å². The Hall–Kier alpha value is -2.85. The van der Waals surface area contributed by atoms with Crippen molar-refractivity contribution in [3.63, 3.8) is 0 Å². The van der Waals surface area contributed by atoms with Crippen molar-refractivity contribution in [2.75, 3.05) is 13.7 Å². The Morgan fingerprint density at radius 1 is 0.765 bits per heavy atom. The summed E-state index contributed by atoms with van der Waals surface area (Å²) in [5.41, 5.74) is -0.723. The van der Waals surface area contributed by atoms with Gasteiger partial charge >= 0.3 is 12.1 Å². The zero-order chi connectivity index (χ0) is 26.6. The van der Waals surface area contributed by atoms with Gasteiger partial charge in [0.2, 0.25) is 17.7 Å². The first-order chi connectivity index (χ1) is 15.7. The highest BCUT2D eigenvalue weighted by Gasteiger charge is 2.33. The van der Waals surface area contributed by atoms with Crippen molar-refractivity contribution in [3.8, 4) is 0 Å². The maximum Gasteiger partial charge on any atom is 0.408 e. The number of ether oxygens (including phenoxy) is 2. The van der Waals surface area contributed by atoms with Crippen LogP contribution in [-0.2, 0) is 28.7 Å². The van der Waals surface area contributed by atoms with Crippen molar-refractivity contribution in [2.24, 2.45) is 11.8 Å². The minimum absolute atomic E-state index is 0.234. The summed E-state index contributed by atoms with van der Waals surface area (Å²) in [5, 5.41) is 10.3. The lowest BCUT2D eigenvalue weighted by molar-refractivity contribution is -0.141. The largest absolute Gasteiger partial charge is 0.468 e. The van der Waals surface area contributed by atoms with E-state index in [1.807, 2.05) is 13.8 Å². The Morgan fingerprint density at radius 2 is 1.24 bits per heavy atom. The first-order valence-corrected chi connectivity index (χ1v) is 11.6. The predicted molar refractivity (Wildman–Crippen MR) is 127 cm³/mol. The van der Waals surface area contributed by atoms with Crippen LogP contribution in [0.5, 0.6) is 0 Å². The fraction of sp³-hybridized carbons (Fsp3) is 0.783. The van der Waals surface area contributed by atoms with Gasteiger partial charge < -0.3 is 30.7 Å². The third-order valence-electron chi connectivity index (χ3n) is 5.35. The molecule has 0 aliphatic heterocycles. The Labute approximate surface area is 202 Å². The fourth-order valence-electron chi connectivity index (χ4n) is 2.82. The van der Waals surface area contributed by atoms with Gasteiger partial charge in [-0.05, 0) is 39.5 Å². The molecule has 4 amide bonds. The molecule has 0 aliphatic carbocycles. The third kappa shape index (κ3) is 11.3. The second kappa shape index (κ2) is 14.4. The molecule has 0 spiro atoms. The molecule has 196 valence electrons. The number of amides is 4. The summed E-state index contributed by atoms with van der Waals surface area (Å²) in [4.78, 5) is 61.8. The van der Waals surface area contributed by atoms with Gasteiger partial charge in [0.15, 0.2) is 0 Å². The van der Waals surface area contributed by atoms with Crippen molar-refractivity contribution in [3.05, 3.63) is 0 Å². The highest BCUT2D eigenvalue weighted by Crippen LogP contribution is 2.13. The SMILES string of the molecule is CC[C@H](C)[C@H](NC(=O)[C@H](C)NC(=O)OC(C)(C)C)C(=O)N[C@H](C(=O)NCC(=O)OC)[C@@H](C)CC. The highest BCUT2D eigenvalue weighted by molar-refractivity contribution is 5.94. The van der Waals surface area contributed by atoms with Crippen LogP contribution in [-0.4, -0.2) is 67.2 Å². The summed E-state index contributed by atoms with van der Waals surface area (Å²) in [6, 6.07) is -2.81. The molecule has 4 N–H and O–H groups in total. The monoisotopic (exact) mass is 486 g/mol. The van der Waals surface area contributed by atoms with Crippen LogP contribution in [0.4, 0.5) is 4.79 Å². The topological polar surface area (TPSA) is 152 Å². The standard InChI is InChI=1S/C23H42N4O7/c1-10-13(3)17(20(30)24-12-16(28)33-9)27-21(31)18(14(4)11-2)26-19(29)15(5)25-22(32)34-23(6,7)8/h13-15,17-18H,10-12H2,1-9H3,(H,24,30)(H,25,32)(H,26,29)(H,27,31)/t13-,14-,15-,17-,18-/m0/s1. The van der Waals surface area contributed by atoms with Gasteiger partial charge in [0.1, 0.15) is 30.3 Å². The Balaban J connectivity index is 5.40. The fourth-order valence-corrected chi connectivity index (χ4v) is 2.82. The number of rotatable bonds is 12. The third-order valence-corrected chi connectivity index (χ3v) is 5.35. The molecule has 0 fully saturated rings. The summed E-state index contributed by atoms with van der Waals surface area (Å²) < 4.78 is 9.68. The molecular weight excluding hydrogens is 444 g/mol. The molecular formula is C23H42N4O7. The Bertz CT molecular complexity index is 721. The molecule has 0 aromatic rings. The molecule has 0 bridgehead atoms. The first-order valence-electron chi connectivity index (χ1n) is 11.6. The minimum Gasteiger partial charge on any atom is -0.468 e. The Morgan fingerprint density at radius 3 is 1.68 bits per heavy atom. The molecule has 0 saturated heterocycles. The summed E-state index contributed by atoms with van der Waals surface area (Å²) in [6.07, 6.45) is 0.418. The lowest BCUT2D eigenvalue weighted by Crippen LogP contribution is -2.59. The van der Waals surface area contributed by atoms with Crippen LogP contribution in [0.25, 0.3) is 0 Å². The zero-order valence-electron chi connectivity index (χ0n) is 21.9. The maximum absolute atomic E-state index is 13.1. The molecule has 34 heavy (non-hydrogen) atoms. The van der Waals surface area contributed by atoms with Crippen LogP contribution in [0, 0.1) is 11.8 Å². The molecule has 0 heterocycles. The van der Waals surface area contributed by atoms with E-state index in [0.29, 0.717) is 12.8 Å². The first kappa shape index (κ1) is 31.1. The van der Waals surface area contributed by atoms with Gasteiger partial charge in [-0.15, -0.1) is 0 Å². The van der Waals surface area contributed by atoms with Gasteiger partial charge in [-0.25, -0.2) is 4.79 Å². The van der Waals surface area contributed by atoms with Crippen molar-refractivity contribution in [1.82, 2.24) is 21.3 Å². The molecule has 0 aromatic heterocycles. The van der Waals surface area contributed by atoms with E-state index in [2.05, 4.69) is 26.0 Å². The van der Waals surface area contributed by atoms with E-state index in [0.717, 1.165) is 0 Å². The summed E-state index contributed by atoms with van der Waals surface area (Å²) in [5.74, 6) is -2.73. The lowest BCUT2D eigenvalue weighted by Gasteiger charge is -2.29. The van der Waals surface area contributed by atoms with E-state index in [4.69, 9.17) is 4.74 Å². The molecule has 0 saturated carbocycles. The van der Waals surface area contributed by atoms with Crippen LogP contribution in [0.2, 0.25) is 0 Å². The lowest BCUT2D eigenvalue weighted by atomic mass is 9.94. The number of carbonyl (C=O) groups excluding carboxylic acids is 5. The van der Waals surface area contributed by atoms with Gasteiger partial charge in [-0.2, -0.15) is 0 Å². The van der Waals surface area contributed by atoms with E-state index in [-0.39, 0.29) is 18.4 Å². The molecule has 5 atom stereocenters. The molecule has 11 nitrogen and oxygen atoms in total. The van der Waals surface area contributed by atoms with Crippen molar-refractivity contribution < 1.29 is 33.4 Å². The van der Waals surface area contributed by atoms with E-state index < -0.39 is 53.5 Å². The molecule has 0 unspecified atom stereocenters. The Kier molecular flexibility index (Phi) is 13.2. The van der Waals surface area contributed by atoms with E-state index in [1.165, 1.54) is 14.0 Å². The normalized spacial score (nSPS) is 15.6. The van der Waals surface area contributed by atoms with Crippen molar-refractivity contribution in [2.45, 2.75) is 92.0 Å². The smallest absolute Gasteiger partial charge is 0.408 e. The molecule has 0 radical (unpaired) electrons. The van der Waals surface area contributed by atoms with Crippen LogP contribution >= 0.6 is 0 Å². The van der Waals surface area contributed by atoms with Crippen molar-refractivity contribution in [1.29, 1.82) is 0 Å². The van der Waals surface area contributed by atoms with Gasteiger partial charge in [0, 0.05) is 0 Å². The van der Waals surface area contributed by atoms with Crippen LogP contribution < -0.4 is 21.3 Å². The zero-order valence-corrected chi connectivity index (χ0v) is 21.9. The number of methoxy groups -OCH3 is 1. The average Bonchev–Trinajstić information content (AvgIpc) is 2.76. The minimum atomic E-state index is -0.956. The predicted octanol–water partition coefficient (Wildman–Crippen LogP) is 1.25. The quantitative estimate of drug-likeness (QED) is 0.303. The number of alkyl carbamates (subject to hydrolysis) is 1. The van der Waals surface area contributed by atoms with Gasteiger partial charge in [0.05, 0.1) is 7.11 Å². The molecule has 11 heteroatoms. The number of hydrogen-bond acceptors (Lipinski definition) is 7. The van der Waals surface area contributed by atoms with Gasteiger partial charge in [0.25, 0.3) is 0 Å². The van der Waals surface area contributed by atoms with E-state index >= 15 is 0 Å².